The number of nitrogens with zero attached hydrogens (tertiary/aromatic N) is 2. The predicted molar refractivity (Wildman–Crippen MR) is 71.1 cm³/mol. The number of hydrogen-bond acceptors (Lipinski definition) is 5. The summed E-state index contributed by atoms with van der Waals surface area (Å²) in [6, 6.07) is 1.78. The zero-order valence-corrected chi connectivity index (χ0v) is 11.1. The summed E-state index contributed by atoms with van der Waals surface area (Å²) < 4.78 is 18.2. The fourth-order valence-electron chi connectivity index (χ4n) is 1.69. The summed E-state index contributed by atoms with van der Waals surface area (Å²) in [6.07, 6.45) is 5.20. The zero-order chi connectivity index (χ0) is 15.3. The SMILES string of the molecule is C#CCN(CC)c1cc(C(=O)OC)c(F)cc1[N+](=O)[O-]. The molecule has 7 heteroatoms. The molecule has 1 rings (SSSR count). The van der Waals surface area contributed by atoms with E-state index in [1.165, 1.54) is 4.90 Å². The molecule has 0 fully saturated rings. The van der Waals surface area contributed by atoms with Crippen LogP contribution in [0.5, 0.6) is 0 Å². The highest BCUT2D eigenvalue weighted by Gasteiger charge is 2.25. The van der Waals surface area contributed by atoms with Gasteiger partial charge in [-0.15, -0.1) is 6.42 Å². The van der Waals surface area contributed by atoms with Crippen molar-refractivity contribution in [3.63, 3.8) is 0 Å². The molecule has 1 aromatic rings. The fourth-order valence-corrected chi connectivity index (χ4v) is 1.69. The maximum Gasteiger partial charge on any atom is 0.340 e. The van der Waals surface area contributed by atoms with Gasteiger partial charge in [0.25, 0.3) is 5.69 Å². The second kappa shape index (κ2) is 6.52. The number of benzene rings is 1. The third-order valence-electron chi connectivity index (χ3n) is 2.67. The molecular formula is C13H13FN2O4. The molecule has 0 heterocycles. The van der Waals surface area contributed by atoms with E-state index in [1.807, 2.05) is 0 Å². The average molecular weight is 280 g/mol. The number of rotatable bonds is 5. The first-order valence-corrected chi connectivity index (χ1v) is 5.70. The van der Waals surface area contributed by atoms with Crippen molar-refractivity contribution in [2.75, 3.05) is 25.1 Å². The van der Waals surface area contributed by atoms with Crippen molar-refractivity contribution in [1.29, 1.82) is 0 Å². The second-order valence-electron chi connectivity index (χ2n) is 3.79. The Labute approximate surface area is 115 Å². The number of methoxy groups -OCH3 is 1. The third kappa shape index (κ3) is 3.03. The van der Waals surface area contributed by atoms with Crippen LogP contribution in [0.4, 0.5) is 15.8 Å². The summed E-state index contributed by atoms with van der Waals surface area (Å²) in [4.78, 5) is 23.2. The Morgan fingerprint density at radius 1 is 1.60 bits per heavy atom. The molecule has 0 amide bonds. The maximum absolute atomic E-state index is 13.7. The van der Waals surface area contributed by atoms with Gasteiger partial charge in [0.15, 0.2) is 0 Å². The van der Waals surface area contributed by atoms with Crippen molar-refractivity contribution < 1.29 is 18.8 Å². The number of hydrogen-bond donors (Lipinski definition) is 0. The quantitative estimate of drug-likeness (QED) is 0.357. The molecule has 20 heavy (non-hydrogen) atoms. The Morgan fingerprint density at radius 2 is 2.25 bits per heavy atom. The van der Waals surface area contributed by atoms with Gasteiger partial charge in [-0.25, -0.2) is 9.18 Å². The lowest BCUT2D eigenvalue weighted by Gasteiger charge is -2.20. The minimum absolute atomic E-state index is 0.0808. The molecule has 0 N–H and O–H groups in total. The van der Waals surface area contributed by atoms with E-state index in [9.17, 15) is 19.3 Å². The van der Waals surface area contributed by atoms with E-state index >= 15 is 0 Å². The molecular weight excluding hydrogens is 267 g/mol. The highest BCUT2D eigenvalue weighted by atomic mass is 19.1. The molecule has 0 aliphatic rings. The normalized spacial score (nSPS) is 9.70. The van der Waals surface area contributed by atoms with Gasteiger partial charge in [0, 0.05) is 6.54 Å². The first-order chi connectivity index (χ1) is 9.46. The molecule has 0 saturated heterocycles. The van der Waals surface area contributed by atoms with Crippen molar-refractivity contribution >= 4 is 17.3 Å². The molecule has 0 spiro atoms. The number of carbonyl (C=O) groups excluding carboxylic acids is 1. The van der Waals surface area contributed by atoms with Crippen LogP contribution in [0.15, 0.2) is 12.1 Å². The van der Waals surface area contributed by atoms with Crippen molar-refractivity contribution in [3.8, 4) is 12.3 Å². The molecule has 0 atom stereocenters. The fraction of sp³-hybridized carbons (Fsp3) is 0.308. The molecule has 0 radical (unpaired) electrons. The van der Waals surface area contributed by atoms with Crippen LogP contribution in [0.3, 0.4) is 0 Å². The van der Waals surface area contributed by atoms with E-state index in [1.54, 1.807) is 6.92 Å². The van der Waals surface area contributed by atoms with Crippen LogP contribution in [-0.2, 0) is 4.74 Å². The predicted octanol–water partition coefficient (Wildman–Crippen LogP) is 1.98. The number of carbonyl (C=O) groups is 1. The molecule has 0 unspecified atom stereocenters. The standard InChI is InChI=1S/C13H13FN2O4/c1-4-6-15(5-2)11-7-9(13(17)20-3)10(14)8-12(11)16(18)19/h1,7-8H,5-6H2,2-3H3. The van der Waals surface area contributed by atoms with Crippen LogP contribution < -0.4 is 4.90 Å². The van der Waals surface area contributed by atoms with Gasteiger partial charge in [0.05, 0.1) is 30.2 Å². The van der Waals surface area contributed by atoms with Gasteiger partial charge in [-0.2, -0.15) is 0 Å². The Kier molecular flexibility index (Phi) is 5.03. The van der Waals surface area contributed by atoms with Crippen molar-refractivity contribution in [3.05, 3.63) is 33.6 Å². The number of halogens is 1. The highest BCUT2D eigenvalue weighted by molar-refractivity contribution is 5.92. The first kappa shape index (κ1) is 15.4. The largest absolute Gasteiger partial charge is 0.465 e. The number of ether oxygens (including phenoxy) is 1. The monoisotopic (exact) mass is 280 g/mol. The third-order valence-corrected chi connectivity index (χ3v) is 2.67. The number of nitro benzene ring substituents is 1. The van der Waals surface area contributed by atoms with Crippen LogP contribution in [0.1, 0.15) is 17.3 Å². The maximum atomic E-state index is 13.7. The molecule has 6 nitrogen and oxygen atoms in total. The van der Waals surface area contributed by atoms with E-state index in [0.717, 1.165) is 13.2 Å². The highest BCUT2D eigenvalue weighted by Crippen LogP contribution is 2.31. The van der Waals surface area contributed by atoms with E-state index in [4.69, 9.17) is 6.42 Å². The summed E-state index contributed by atoms with van der Waals surface area (Å²) in [5.74, 6) is 0.437. The van der Waals surface area contributed by atoms with Gasteiger partial charge in [0.2, 0.25) is 0 Å². The average Bonchev–Trinajstić information content (AvgIpc) is 2.43. The van der Waals surface area contributed by atoms with E-state index in [0.29, 0.717) is 12.6 Å². The number of terminal acetylenes is 1. The molecule has 0 saturated carbocycles. The Balaban J connectivity index is 3.49. The van der Waals surface area contributed by atoms with Crippen LogP contribution >= 0.6 is 0 Å². The Hall–Kier alpha value is -2.62. The van der Waals surface area contributed by atoms with Gasteiger partial charge in [-0.1, -0.05) is 5.92 Å². The lowest BCUT2D eigenvalue weighted by molar-refractivity contribution is -0.384. The van der Waals surface area contributed by atoms with Crippen molar-refractivity contribution in [2.45, 2.75) is 6.92 Å². The van der Waals surface area contributed by atoms with Gasteiger partial charge >= 0.3 is 5.97 Å². The van der Waals surface area contributed by atoms with E-state index in [2.05, 4.69) is 10.7 Å². The van der Waals surface area contributed by atoms with Crippen LogP contribution in [0, 0.1) is 28.3 Å². The van der Waals surface area contributed by atoms with E-state index in [-0.39, 0.29) is 17.8 Å². The van der Waals surface area contributed by atoms with Gasteiger partial charge in [-0.3, -0.25) is 10.1 Å². The van der Waals surface area contributed by atoms with Crippen LogP contribution in [0.2, 0.25) is 0 Å². The lowest BCUT2D eigenvalue weighted by atomic mass is 10.1. The summed E-state index contributed by atoms with van der Waals surface area (Å²) in [6.45, 7) is 2.21. The Morgan fingerprint density at radius 3 is 2.70 bits per heavy atom. The molecule has 1 aromatic carbocycles. The minimum atomic E-state index is -1.01. The Bertz CT molecular complexity index is 580. The molecule has 0 aliphatic heterocycles. The molecule has 0 aromatic heterocycles. The smallest absolute Gasteiger partial charge is 0.340 e. The summed E-state index contributed by atoms with van der Waals surface area (Å²) in [5, 5.41) is 11.0. The number of esters is 1. The summed E-state index contributed by atoms with van der Waals surface area (Å²) in [5.41, 5.74) is -0.743. The second-order valence-corrected chi connectivity index (χ2v) is 3.79. The minimum Gasteiger partial charge on any atom is -0.465 e. The van der Waals surface area contributed by atoms with E-state index < -0.39 is 22.4 Å². The molecule has 0 aliphatic carbocycles. The van der Waals surface area contributed by atoms with Crippen LogP contribution in [-0.4, -0.2) is 31.1 Å². The number of anilines is 1. The summed E-state index contributed by atoms with van der Waals surface area (Å²) in [7, 11) is 1.10. The van der Waals surface area contributed by atoms with Gasteiger partial charge in [-0.05, 0) is 13.0 Å². The molecule has 106 valence electrons. The van der Waals surface area contributed by atoms with Gasteiger partial charge < -0.3 is 9.64 Å². The van der Waals surface area contributed by atoms with Crippen molar-refractivity contribution in [1.82, 2.24) is 0 Å². The summed E-state index contributed by atoms with van der Waals surface area (Å²) >= 11 is 0. The van der Waals surface area contributed by atoms with Crippen molar-refractivity contribution in [2.24, 2.45) is 0 Å². The van der Waals surface area contributed by atoms with Crippen LogP contribution in [0.25, 0.3) is 0 Å². The molecule has 0 bridgehead atoms. The zero-order valence-electron chi connectivity index (χ0n) is 11.1. The lowest BCUT2D eigenvalue weighted by Crippen LogP contribution is -2.24. The number of nitro groups is 1. The van der Waals surface area contributed by atoms with Gasteiger partial charge in [0.1, 0.15) is 11.5 Å². The topological polar surface area (TPSA) is 72.7 Å². The first-order valence-electron chi connectivity index (χ1n) is 5.70.